The predicted octanol–water partition coefficient (Wildman–Crippen LogP) is 3.59. The lowest BCUT2D eigenvalue weighted by molar-refractivity contribution is 0.255. The van der Waals surface area contributed by atoms with Crippen LogP contribution in [0.1, 0.15) is 11.8 Å². The molecule has 2 heterocycles. The highest BCUT2D eigenvalue weighted by molar-refractivity contribution is 7.71. The highest BCUT2D eigenvalue weighted by Crippen LogP contribution is 2.29. The fraction of sp³-hybridized carbons (Fsp3) is 0.167. The molecule has 23 heavy (non-hydrogen) atoms. The second-order valence-electron chi connectivity index (χ2n) is 4.18. The molecular formula is C12H9ClN4O4S2. The van der Waals surface area contributed by atoms with Gasteiger partial charge in [-0.3, -0.25) is 0 Å². The molecule has 2 aromatic heterocycles. The fourth-order valence-electron chi connectivity index (χ4n) is 1.62. The van der Waals surface area contributed by atoms with Crippen molar-refractivity contribution in [2.45, 2.75) is 13.2 Å². The monoisotopic (exact) mass is 372 g/mol. The maximum absolute atomic E-state index is 6.14. The Morgan fingerprint density at radius 3 is 2.13 bits per heavy atom. The number of benzene rings is 1. The lowest BCUT2D eigenvalue weighted by atomic mass is 10.3. The van der Waals surface area contributed by atoms with E-state index in [2.05, 4.69) is 20.4 Å². The van der Waals surface area contributed by atoms with Crippen molar-refractivity contribution in [2.24, 2.45) is 0 Å². The van der Waals surface area contributed by atoms with Gasteiger partial charge in [0.2, 0.25) is 0 Å². The van der Waals surface area contributed by atoms with Crippen molar-refractivity contribution in [1.29, 1.82) is 0 Å². The number of H-pyrrole nitrogens is 2. The molecule has 8 nitrogen and oxygen atoms in total. The van der Waals surface area contributed by atoms with E-state index in [1.54, 1.807) is 18.2 Å². The summed E-state index contributed by atoms with van der Waals surface area (Å²) in [6, 6.07) is 4.97. The van der Waals surface area contributed by atoms with E-state index in [0.29, 0.717) is 28.3 Å². The van der Waals surface area contributed by atoms with E-state index >= 15 is 0 Å². The maximum atomic E-state index is 6.14. The molecule has 1 aromatic carbocycles. The zero-order chi connectivity index (χ0) is 16.2. The summed E-state index contributed by atoms with van der Waals surface area (Å²) in [4.78, 5) is 0.376. The average Bonchev–Trinajstić information content (AvgIpc) is 3.12. The van der Waals surface area contributed by atoms with Crippen LogP contribution in [0, 0.1) is 9.67 Å². The molecule has 2 N–H and O–H groups in total. The molecule has 0 atom stereocenters. The zero-order valence-electron chi connectivity index (χ0n) is 11.4. The lowest BCUT2D eigenvalue weighted by Gasteiger charge is -2.08. The largest absolute Gasteiger partial charge is 0.484 e. The van der Waals surface area contributed by atoms with E-state index in [1.807, 2.05) is 0 Å². The van der Waals surface area contributed by atoms with Gasteiger partial charge >= 0.3 is 0 Å². The normalized spacial score (nSPS) is 10.7. The number of halogens is 1. The van der Waals surface area contributed by atoms with Crippen LogP contribution < -0.4 is 9.47 Å². The number of aromatic amines is 2. The number of nitrogens with zero attached hydrogens (tertiary/aromatic N) is 2. The van der Waals surface area contributed by atoms with Crippen molar-refractivity contribution in [3.05, 3.63) is 44.7 Å². The summed E-state index contributed by atoms with van der Waals surface area (Å²) in [6.07, 6.45) is 0. The Kier molecular flexibility index (Phi) is 4.74. The molecule has 0 saturated carbocycles. The van der Waals surface area contributed by atoms with E-state index in [9.17, 15) is 0 Å². The van der Waals surface area contributed by atoms with Crippen LogP contribution in [-0.4, -0.2) is 20.4 Å². The number of hydrogen-bond donors (Lipinski definition) is 2. The minimum atomic E-state index is 0.0980. The van der Waals surface area contributed by atoms with Crippen molar-refractivity contribution < 1.29 is 18.3 Å². The first-order chi connectivity index (χ1) is 11.1. The van der Waals surface area contributed by atoms with Gasteiger partial charge in [-0.25, -0.2) is 10.2 Å². The Morgan fingerprint density at radius 2 is 1.61 bits per heavy atom. The van der Waals surface area contributed by atoms with Crippen LogP contribution in [0.15, 0.2) is 27.0 Å². The van der Waals surface area contributed by atoms with Crippen LogP contribution in [0.25, 0.3) is 0 Å². The third kappa shape index (κ3) is 4.18. The molecule has 0 bridgehead atoms. The van der Waals surface area contributed by atoms with Crippen LogP contribution in [0.3, 0.4) is 0 Å². The highest BCUT2D eigenvalue weighted by atomic mass is 35.5. The fourth-order valence-corrected chi connectivity index (χ4v) is 2.13. The number of nitrogens with one attached hydrogen (secondary N) is 2. The Bertz CT molecular complexity index is 916. The Hall–Kier alpha value is -2.17. The second-order valence-corrected chi connectivity index (χ2v) is 5.33. The quantitative estimate of drug-likeness (QED) is 0.633. The van der Waals surface area contributed by atoms with Gasteiger partial charge in [-0.05, 0) is 36.6 Å². The summed E-state index contributed by atoms with van der Waals surface area (Å²) in [6.45, 7) is 0.220. The summed E-state index contributed by atoms with van der Waals surface area (Å²) >= 11 is 15.7. The maximum Gasteiger partial charge on any atom is 0.284 e. The smallest absolute Gasteiger partial charge is 0.284 e. The molecule has 0 spiro atoms. The summed E-state index contributed by atoms with van der Waals surface area (Å²) in [5.41, 5.74) is 0. The van der Waals surface area contributed by atoms with E-state index in [4.69, 9.17) is 54.3 Å². The Labute approximate surface area is 144 Å². The molecule has 11 heteroatoms. The SMILES string of the molecule is S=c1[nH]nc(COc2ccc(OCc3n[nH]c(=S)o3)c(Cl)c2)o1. The van der Waals surface area contributed by atoms with Gasteiger partial charge in [0.15, 0.2) is 13.2 Å². The summed E-state index contributed by atoms with van der Waals surface area (Å²) in [5.74, 6) is 1.65. The molecule has 0 aliphatic carbocycles. The standard InChI is InChI=1S/C12H9ClN4O4S2/c13-7-3-6(18-4-9-14-16-11(22)20-9)1-2-8(7)19-5-10-15-17-12(23)21-10/h1-3H,4-5H2,(H,16,22)(H,17,23). The second kappa shape index (κ2) is 6.94. The molecule has 0 amide bonds. The van der Waals surface area contributed by atoms with Crippen molar-refractivity contribution in [3.63, 3.8) is 0 Å². The van der Waals surface area contributed by atoms with Gasteiger partial charge in [0.25, 0.3) is 21.5 Å². The molecular weight excluding hydrogens is 364 g/mol. The zero-order valence-corrected chi connectivity index (χ0v) is 13.8. The number of rotatable bonds is 6. The number of aromatic nitrogens is 4. The molecule has 0 unspecified atom stereocenters. The van der Waals surface area contributed by atoms with E-state index in [1.165, 1.54) is 0 Å². The molecule has 0 aliphatic rings. The minimum Gasteiger partial charge on any atom is -0.484 e. The van der Waals surface area contributed by atoms with Gasteiger partial charge in [0.05, 0.1) is 5.02 Å². The Morgan fingerprint density at radius 1 is 1.00 bits per heavy atom. The van der Waals surface area contributed by atoms with Gasteiger partial charge in [-0.2, -0.15) is 0 Å². The van der Waals surface area contributed by atoms with Gasteiger partial charge in [-0.15, -0.1) is 10.2 Å². The summed E-state index contributed by atoms with van der Waals surface area (Å²) < 4.78 is 21.2. The van der Waals surface area contributed by atoms with Crippen LogP contribution in [0.4, 0.5) is 0 Å². The summed E-state index contributed by atoms with van der Waals surface area (Å²) in [7, 11) is 0. The van der Waals surface area contributed by atoms with Crippen molar-refractivity contribution >= 4 is 36.0 Å². The van der Waals surface area contributed by atoms with E-state index in [0.717, 1.165) is 0 Å². The highest BCUT2D eigenvalue weighted by Gasteiger charge is 2.08. The molecule has 0 radical (unpaired) electrons. The van der Waals surface area contributed by atoms with Gasteiger partial charge in [0, 0.05) is 6.07 Å². The first-order valence-corrected chi connectivity index (χ1v) is 7.43. The molecule has 120 valence electrons. The predicted molar refractivity (Wildman–Crippen MR) is 83.5 cm³/mol. The van der Waals surface area contributed by atoms with Crippen LogP contribution in [0.2, 0.25) is 5.02 Å². The third-order valence-corrected chi connectivity index (χ3v) is 3.23. The van der Waals surface area contributed by atoms with Gasteiger partial charge in [0.1, 0.15) is 11.5 Å². The number of ether oxygens (including phenoxy) is 2. The topological polar surface area (TPSA) is 102 Å². The van der Waals surface area contributed by atoms with Crippen LogP contribution >= 0.6 is 36.0 Å². The van der Waals surface area contributed by atoms with Crippen molar-refractivity contribution in [1.82, 2.24) is 20.4 Å². The van der Waals surface area contributed by atoms with Crippen LogP contribution in [-0.2, 0) is 13.2 Å². The van der Waals surface area contributed by atoms with E-state index < -0.39 is 0 Å². The molecule has 3 aromatic rings. The lowest BCUT2D eigenvalue weighted by Crippen LogP contribution is -1.98. The Balaban J connectivity index is 1.60. The first-order valence-electron chi connectivity index (χ1n) is 6.24. The van der Waals surface area contributed by atoms with Gasteiger partial charge < -0.3 is 18.3 Å². The molecule has 0 fully saturated rings. The molecule has 0 saturated heterocycles. The average molecular weight is 373 g/mol. The third-order valence-electron chi connectivity index (χ3n) is 2.58. The van der Waals surface area contributed by atoms with E-state index in [-0.39, 0.29) is 22.9 Å². The van der Waals surface area contributed by atoms with Crippen molar-refractivity contribution in [2.75, 3.05) is 0 Å². The minimum absolute atomic E-state index is 0.0980. The molecule has 0 aliphatic heterocycles. The summed E-state index contributed by atoms with van der Waals surface area (Å²) in [5, 5.41) is 13.0. The van der Waals surface area contributed by atoms with Gasteiger partial charge in [-0.1, -0.05) is 11.6 Å². The molecule has 3 rings (SSSR count). The number of hydrogen-bond acceptors (Lipinski definition) is 8. The first kappa shape index (κ1) is 15.7. The van der Waals surface area contributed by atoms with Crippen molar-refractivity contribution in [3.8, 4) is 11.5 Å². The van der Waals surface area contributed by atoms with Crippen LogP contribution in [0.5, 0.6) is 11.5 Å².